The Balaban J connectivity index is 2.01. The van der Waals surface area contributed by atoms with E-state index >= 15 is 0 Å². The van der Waals surface area contributed by atoms with E-state index in [1.807, 2.05) is 0 Å². The molecule has 4 nitrogen and oxygen atoms in total. The zero-order chi connectivity index (χ0) is 13.2. The fraction of sp³-hybridized carbons (Fsp3) is 0.636. The van der Waals surface area contributed by atoms with Gasteiger partial charge >= 0.3 is 6.18 Å². The van der Waals surface area contributed by atoms with Gasteiger partial charge in [0.1, 0.15) is 5.69 Å². The van der Waals surface area contributed by atoms with E-state index in [0.29, 0.717) is 12.8 Å². The van der Waals surface area contributed by atoms with Gasteiger partial charge in [0.25, 0.3) is 0 Å². The molecule has 0 saturated heterocycles. The minimum Gasteiger partial charge on any atom is -0.388 e. The van der Waals surface area contributed by atoms with Crippen molar-refractivity contribution in [1.29, 1.82) is 0 Å². The summed E-state index contributed by atoms with van der Waals surface area (Å²) in [5.41, 5.74) is -1.84. The van der Waals surface area contributed by atoms with Crippen LogP contribution in [0.2, 0.25) is 0 Å². The average molecular weight is 261 g/mol. The number of nitrogens with zero attached hydrogens (tertiary/aromatic N) is 2. The molecule has 0 atom stereocenters. The van der Waals surface area contributed by atoms with Crippen LogP contribution in [0, 0.1) is 0 Å². The predicted molar refractivity (Wildman–Crippen MR) is 58.9 cm³/mol. The zero-order valence-corrected chi connectivity index (χ0v) is 9.67. The predicted octanol–water partition coefficient (Wildman–Crippen LogP) is 2.21. The fourth-order valence-corrected chi connectivity index (χ4v) is 2.06. The van der Waals surface area contributed by atoms with Gasteiger partial charge in [0, 0.05) is 12.7 Å². The lowest BCUT2D eigenvalue weighted by atomic mass is 10.0. The first-order chi connectivity index (χ1) is 8.39. The van der Waals surface area contributed by atoms with Crippen LogP contribution in [-0.4, -0.2) is 27.2 Å². The Morgan fingerprint density at radius 1 is 1.33 bits per heavy atom. The fourth-order valence-electron chi connectivity index (χ4n) is 2.06. The highest BCUT2D eigenvalue weighted by Crippen LogP contribution is 2.30. The topological polar surface area (TPSA) is 58.0 Å². The van der Waals surface area contributed by atoms with Crippen LogP contribution in [0.4, 0.5) is 19.1 Å². The van der Waals surface area contributed by atoms with Gasteiger partial charge < -0.3 is 10.4 Å². The Hall–Kier alpha value is -1.37. The van der Waals surface area contributed by atoms with E-state index in [2.05, 4.69) is 15.3 Å². The number of aromatic nitrogens is 2. The summed E-state index contributed by atoms with van der Waals surface area (Å²) in [6.07, 6.45) is -0.262. The molecule has 0 bridgehead atoms. The van der Waals surface area contributed by atoms with Crippen molar-refractivity contribution in [3.8, 4) is 0 Å². The van der Waals surface area contributed by atoms with Crippen LogP contribution in [0.15, 0.2) is 12.3 Å². The van der Waals surface area contributed by atoms with Crippen molar-refractivity contribution in [2.45, 2.75) is 37.5 Å². The highest BCUT2D eigenvalue weighted by Gasteiger charge is 2.34. The molecule has 1 heterocycles. The molecular weight excluding hydrogens is 247 g/mol. The first-order valence-corrected chi connectivity index (χ1v) is 5.76. The molecule has 1 aliphatic rings. The van der Waals surface area contributed by atoms with E-state index < -0.39 is 17.5 Å². The summed E-state index contributed by atoms with van der Waals surface area (Å²) in [6, 6.07) is 0.815. The summed E-state index contributed by atoms with van der Waals surface area (Å²) in [6.45, 7) is 0.175. The summed E-state index contributed by atoms with van der Waals surface area (Å²) in [5, 5.41) is 12.7. The Kier molecular flexibility index (Phi) is 3.43. The van der Waals surface area contributed by atoms with E-state index in [9.17, 15) is 18.3 Å². The first-order valence-electron chi connectivity index (χ1n) is 5.76. The molecule has 1 aromatic heterocycles. The maximum atomic E-state index is 12.4. The summed E-state index contributed by atoms with van der Waals surface area (Å²) < 4.78 is 37.3. The van der Waals surface area contributed by atoms with Gasteiger partial charge in [0.05, 0.1) is 5.60 Å². The second kappa shape index (κ2) is 4.72. The standard InChI is InChI=1S/C11H14F3N3O/c12-11(13,14)8-3-6-15-9(17-8)16-7-10(18)4-1-2-5-10/h3,6,18H,1-2,4-5,7H2,(H,15,16,17). The normalized spacial score (nSPS) is 18.9. The third-order valence-corrected chi connectivity index (χ3v) is 3.06. The summed E-state index contributed by atoms with van der Waals surface area (Å²) >= 11 is 0. The summed E-state index contributed by atoms with van der Waals surface area (Å²) in [4.78, 5) is 7.09. The van der Waals surface area contributed by atoms with E-state index in [4.69, 9.17) is 0 Å². The number of alkyl halides is 3. The minimum absolute atomic E-state index is 0.106. The molecule has 0 aliphatic heterocycles. The molecular formula is C11H14F3N3O. The molecule has 0 unspecified atom stereocenters. The number of nitrogens with one attached hydrogen (secondary N) is 1. The molecule has 0 amide bonds. The molecule has 1 aliphatic carbocycles. The van der Waals surface area contributed by atoms with Gasteiger partial charge in [0.2, 0.25) is 5.95 Å². The lowest BCUT2D eigenvalue weighted by Crippen LogP contribution is -2.34. The number of anilines is 1. The van der Waals surface area contributed by atoms with Gasteiger partial charge in [-0.05, 0) is 18.9 Å². The maximum Gasteiger partial charge on any atom is 0.433 e. The van der Waals surface area contributed by atoms with Gasteiger partial charge in [-0.25, -0.2) is 9.97 Å². The van der Waals surface area contributed by atoms with Crippen molar-refractivity contribution in [2.24, 2.45) is 0 Å². The number of rotatable bonds is 3. The quantitative estimate of drug-likeness (QED) is 0.875. The molecule has 0 spiro atoms. The molecule has 7 heteroatoms. The smallest absolute Gasteiger partial charge is 0.388 e. The first kappa shape index (κ1) is 13.1. The molecule has 1 fully saturated rings. The van der Waals surface area contributed by atoms with E-state index in [0.717, 1.165) is 25.1 Å². The van der Waals surface area contributed by atoms with E-state index in [1.165, 1.54) is 0 Å². The van der Waals surface area contributed by atoms with Gasteiger partial charge in [-0.3, -0.25) is 0 Å². The monoisotopic (exact) mass is 261 g/mol. The molecule has 18 heavy (non-hydrogen) atoms. The van der Waals surface area contributed by atoms with E-state index in [1.54, 1.807) is 0 Å². The second-order valence-electron chi connectivity index (χ2n) is 4.55. The van der Waals surface area contributed by atoms with Crippen molar-refractivity contribution in [1.82, 2.24) is 9.97 Å². The molecule has 100 valence electrons. The minimum atomic E-state index is -4.48. The van der Waals surface area contributed by atoms with Crippen molar-refractivity contribution in [3.63, 3.8) is 0 Å². The number of aliphatic hydroxyl groups is 1. The molecule has 0 aromatic carbocycles. The maximum absolute atomic E-state index is 12.4. The number of hydrogen-bond acceptors (Lipinski definition) is 4. The van der Waals surface area contributed by atoms with Crippen molar-refractivity contribution >= 4 is 5.95 Å². The van der Waals surface area contributed by atoms with Crippen LogP contribution in [0.3, 0.4) is 0 Å². The van der Waals surface area contributed by atoms with Crippen LogP contribution in [0.1, 0.15) is 31.4 Å². The van der Waals surface area contributed by atoms with Crippen LogP contribution in [0.5, 0.6) is 0 Å². The SMILES string of the molecule is OC1(CNc2nccc(C(F)(F)F)n2)CCCC1. The van der Waals surface area contributed by atoms with Crippen LogP contribution >= 0.6 is 0 Å². The van der Waals surface area contributed by atoms with Crippen LogP contribution < -0.4 is 5.32 Å². The molecule has 2 N–H and O–H groups in total. The highest BCUT2D eigenvalue weighted by atomic mass is 19.4. The molecule has 1 aromatic rings. The Labute approximate surface area is 102 Å². The zero-order valence-electron chi connectivity index (χ0n) is 9.67. The Morgan fingerprint density at radius 2 is 2.00 bits per heavy atom. The number of hydrogen-bond donors (Lipinski definition) is 2. The number of halogens is 3. The second-order valence-corrected chi connectivity index (χ2v) is 4.55. The average Bonchev–Trinajstić information content (AvgIpc) is 2.74. The third-order valence-electron chi connectivity index (χ3n) is 3.06. The largest absolute Gasteiger partial charge is 0.433 e. The summed E-state index contributed by atoms with van der Waals surface area (Å²) in [7, 11) is 0. The van der Waals surface area contributed by atoms with E-state index in [-0.39, 0.29) is 12.5 Å². The summed E-state index contributed by atoms with van der Waals surface area (Å²) in [5.74, 6) is -0.106. The van der Waals surface area contributed by atoms with Gasteiger partial charge in [-0.15, -0.1) is 0 Å². The van der Waals surface area contributed by atoms with Gasteiger partial charge in [0.15, 0.2) is 0 Å². The highest BCUT2D eigenvalue weighted by molar-refractivity contribution is 5.27. The van der Waals surface area contributed by atoms with Crippen molar-refractivity contribution in [3.05, 3.63) is 18.0 Å². The molecule has 1 saturated carbocycles. The van der Waals surface area contributed by atoms with Crippen LogP contribution in [0.25, 0.3) is 0 Å². The molecule has 0 radical (unpaired) electrons. The third kappa shape index (κ3) is 3.10. The molecule has 2 rings (SSSR count). The van der Waals surface area contributed by atoms with Gasteiger partial charge in [-0.2, -0.15) is 13.2 Å². The lowest BCUT2D eigenvalue weighted by Gasteiger charge is -2.22. The van der Waals surface area contributed by atoms with Crippen LogP contribution in [-0.2, 0) is 6.18 Å². The van der Waals surface area contributed by atoms with Crippen molar-refractivity contribution in [2.75, 3.05) is 11.9 Å². The Morgan fingerprint density at radius 3 is 2.61 bits per heavy atom. The van der Waals surface area contributed by atoms with Gasteiger partial charge in [-0.1, -0.05) is 12.8 Å². The lowest BCUT2D eigenvalue weighted by molar-refractivity contribution is -0.141. The Bertz CT molecular complexity index is 416. The van der Waals surface area contributed by atoms with Crippen molar-refractivity contribution < 1.29 is 18.3 Å².